The number of nitrogens with two attached hydrogens (primary N) is 1. The van der Waals surface area contributed by atoms with Crippen molar-refractivity contribution in [2.75, 3.05) is 6.54 Å². The van der Waals surface area contributed by atoms with Gasteiger partial charge in [-0.15, -0.1) is 0 Å². The molecular formula is C15H27N3O2S. The van der Waals surface area contributed by atoms with Crippen LogP contribution in [0.15, 0.2) is 23.4 Å². The number of hydrogen-bond donors (Lipinski definition) is 1. The Hall–Kier alpha value is -0.980. The minimum absolute atomic E-state index is 0.00776. The lowest BCUT2D eigenvalue weighted by Gasteiger charge is -2.30. The van der Waals surface area contributed by atoms with Crippen LogP contribution >= 0.6 is 0 Å². The van der Waals surface area contributed by atoms with Gasteiger partial charge in [-0.05, 0) is 30.4 Å². The molecule has 0 fully saturated rings. The molecule has 0 aliphatic rings. The maximum atomic E-state index is 12.9. The van der Waals surface area contributed by atoms with Crippen molar-refractivity contribution in [3.8, 4) is 0 Å². The van der Waals surface area contributed by atoms with E-state index in [0.717, 1.165) is 18.4 Å². The largest absolute Gasteiger partial charge is 0.326 e. The van der Waals surface area contributed by atoms with E-state index >= 15 is 0 Å². The first-order valence-electron chi connectivity index (χ1n) is 7.53. The maximum Gasteiger partial charge on any atom is 0.260 e. The lowest BCUT2D eigenvalue weighted by Crippen LogP contribution is -2.42. The van der Waals surface area contributed by atoms with Gasteiger partial charge in [-0.3, -0.25) is 0 Å². The molecule has 0 bridgehead atoms. The van der Waals surface area contributed by atoms with E-state index in [1.165, 1.54) is 6.20 Å². The molecule has 0 saturated heterocycles. The van der Waals surface area contributed by atoms with Crippen LogP contribution < -0.4 is 5.73 Å². The number of pyridine rings is 1. The third-order valence-electron chi connectivity index (χ3n) is 3.50. The number of nitrogens with zero attached hydrogens (tertiary/aromatic N) is 2. The van der Waals surface area contributed by atoms with E-state index in [1.807, 2.05) is 27.7 Å². The van der Waals surface area contributed by atoms with Crippen molar-refractivity contribution < 1.29 is 8.42 Å². The summed E-state index contributed by atoms with van der Waals surface area (Å²) in [6.45, 7) is 8.94. The zero-order valence-electron chi connectivity index (χ0n) is 13.4. The van der Waals surface area contributed by atoms with Crippen molar-refractivity contribution in [1.82, 2.24) is 9.29 Å². The van der Waals surface area contributed by atoms with Gasteiger partial charge in [0.15, 0.2) is 5.03 Å². The highest BCUT2D eigenvalue weighted by atomic mass is 32.2. The van der Waals surface area contributed by atoms with Crippen molar-refractivity contribution in [3.63, 3.8) is 0 Å². The molecule has 0 atom stereocenters. The molecular weight excluding hydrogens is 286 g/mol. The van der Waals surface area contributed by atoms with Gasteiger partial charge in [0.2, 0.25) is 0 Å². The molecule has 2 N–H and O–H groups in total. The second-order valence-corrected chi connectivity index (χ2v) is 7.49. The summed E-state index contributed by atoms with van der Waals surface area (Å²) in [5.41, 5.74) is 6.35. The molecule has 1 aromatic heterocycles. The smallest absolute Gasteiger partial charge is 0.260 e. The minimum Gasteiger partial charge on any atom is -0.326 e. The summed E-state index contributed by atoms with van der Waals surface area (Å²) in [6, 6.07) is 3.28. The van der Waals surface area contributed by atoms with Crippen molar-refractivity contribution >= 4 is 10.0 Å². The van der Waals surface area contributed by atoms with Gasteiger partial charge in [0.1, 0.15) is 0 Å². The topological polar surface area (TPSA) is 76.3 Å². The predicted octanol–water partition coefficient (Wildman–Crippen LogP) is 2.38. The van der Waals surface area contributed by atoms with Crippen molar-refractivity contribution in [1.29, 1.82) is 0 Å². The van der Waals surface area contributed by atoms with E-state index in [4.69, 9.17) is 5.73 Å². The second kappa shape index (κ2) is 7.87. The van der Waals surface area contributed by atoms with Crippen LogP contribution in [0.5, 0.6) is 0 Å². The van der Waals surface area contributed by atoms with E-state index in [9.17, 15) is 8.42 Å². The number of aromatic nitrogens is 1. The first-order valence-corrected chi connectivity index (χ1v) is 8.97. The fourth-order valence-electron chi connectivity index (χ4n) is 2.30. The summed E-state index contributed by atoms with van der Waals surface area (Å²) in [7, 11) is -3.56. The van der Waals surface area contributed by atoms with Crippen LogP contribution in [0.2, 0.25) is 0 Å². The average molecular weight is 313 g/mol. The van der Waals surface area contributed by atoms with Gasteiger partial charge in [-0.2, -0.15) is 4.31 Å². The zero-order valence-corrected chi connectivity index (χ0v) is 14.2. The Morgan fingerprint density at radius 1 is 1.24 bits per heavy atom. The lowest BCUT2D eigenvalue weighted by molar-refractivity contribution is 0.276. The van der Waals surface area contributed by atoms with E-state index in [-0.39, 0.29) is 17.0 Å². The van der Waals surface area contributed by atoms with Crippen LogP contribution in [0, 0.1) is 5.92 Å². The first kappa shape index (κ1) is 18.1. The first-order chi connectivity index (χ1) is 9.86. The molecule has 0 saturated carbocycles. The molecule has 0 spiro atoms. The highest BCUT2D eigenvalue weighted by molar-refractivity contribution is 7.89. The highest BCUT2D eigenvalue weighted by Crippen LogP contribution is 2.21. The van der Waals surface area contributed by atoms with Gasteiger partial charge < -0.3 is 5.73 Å². The SMILES string of the molecule is CCC(CC)N(CC(C)C)S(=O)(=O)c1ccc(CN)cn1. The number of sulfonamides is 1. The quantitative estimate of drug-likeness (QED) is 0.799. The Kier molecular flexibility index (Phi) is 6.77. The molecule has 6 heteroatoms. The Morgan fingerprint density at radius 3 is 2.24 bits per heavy atom. The highest BCUT2D eigenvalue weighted by Gasteiger charge is 2.31. The summed E-state index contributed by atoms with van der Waals surface area (Å²) in [6.07, 6.45) is 3.13. The molecule has 120 valence electrons. The zero-order chi connectivity index (χ0) is 16.0. The summed E-state index contributed by atoms with van der Waals surface area (Å²) < 4.78 is 27.3. The van der Waals surface area contributed by atoms with Crippen LogP contribution in [0.4, 0.5) is 0 Å². The van der Waals surface area contributed by atoms with Crippen LogP contribution in [0.1, 0.15) is 46.1 Å². The van der Waals surface area contributed by atoms with E-state index in [0.29, 0.717) is 13.1 Å². The molecule has 0 unspecified atom stereocenters. The fourth-order valence-corrected chi connectivity index (χ4v) is 4.15. The number of hydrogen-bond acceptors (Lipinski definition) is 4. The van der Waals surface area contributed by atoms with Gasteiger partial charge in [0.05, 0.1) is 0 Å². The average Bonchev–Trinajstić information content (AvgIpc) is 2.47. The standard InChI is InChI=1S/C15H27N3O2S/c1-5-14(6-2)18(11-12(3)4)21(19,20)15-8-7-13(9-16)10-17-15/h7-8,10,12,14H,5-6,9,11,16H2,1-4H3. The van der Waals surface area contributed by atoms with E-state index < -0.39 is 10.0 Å². The predicted molar refractivity (Wildman–Crippen MR) is 85.2 cm³/mol. The summed E-state index contributed by atoms with van der Waals surface area (Å²) in [5, 5.41) is 0.104. The van der Waals surface area contributed by atoms with Gasteiger partial charge in [-0.1, -0.05) is 33.8 Å². The van der Waals surface area contributed by atoms with Crippen molar-refractivity contribution in [2.24, 2.45) is 11.7 Å². The van der Waals surface area contributed by atoms with Crippen LogP contribution in [0.3, 0.4) is 0 Å². The van der Waals surface area contributed by atoms with Gasteiger partial charge in [0, 0.05) is 25.3 Å². The Morgan fingerprint density at radius 2 is 1.86 bits per heavy atom. The van der Waals surface area contributed by atoms with Gasteiger partial charge in [-0.25, -0.2) is 13.4 Å². The molecule has 0 aliphatic heterocycles. The molecule has 0 aliphatic carbocycles. The van der Waals surface area contributed by atoms with Crippen LogP contribution in [0.25, 0.3) is 0 Å². The summed E-state index contributed by atoms with van der Waals surface area (Å²) >= 11 is 0. The Balaban J connectivity index is 3.18. The molecule has 1 rings (SSSR count). The van der Waals surface area contributed by atoms with Crippen LogP contribution in [-0.4, -0.2) is 30.3 Å². The van der Waals surface area contributed by atoms with Gasteiger partial charge >= 0.3 is 0 Å². The summed E-state index contributed by atoms with van der Waals surface area (Å²) in [5.74, 6) is 0.267. The molecule has 5 nitrogen and oxygen atoms in total. The van der Waals surface area contributed by atoms with Crippen molar-refractivity contribution in [3.05, 3.63) is 23.9 Å². The van der Waals surface area contributed by atoms with Crippen molar-refractivity contribution in [2.45, 2.75) is 58.1 Å². The second-order valence-electron chi connectivity index (χ2n) is 5.65. The maximum absolute atomic E-state index is 12.9. The molecule has 0 aromatic carbocycles. The normalized spacial score (nSPS) is 12.6. The minimum atomic E-state index is -3.56. The third kappa shape index (κ3) is 4.49. The Labute approximate surface area is 128 Å². The monoisotopic (exact) mass is 313 g/mol. The molecule has 1 aromatic rings. The van der Waals surface area contributed by atoms with Crippen LogP contribution in [-0.2, 0) is 16.6 Å². The fraction of sp³-hybridized carbons (Fsp3) is 0.667. The molecule has 1 heterocycles. The molecule has 21 heavy (non-hydrogen) atoms. The lowest BCUT2D eigenvalue weighted by atomic mass is 10.1. The Bertz CT molecular complexity index is 522. The van der Waals surface area contributed by atoms with E-state index in [1.54, 1.807) is 16.4 Å². The van der Waals surface area contributed by atoms with E-state index in [2.05, 4.69) is 4.98 Å². The third-order valence-corrected chi connectivity index (χ3v) is 5.34. The van der Waals surface area contributed by atoms with Gasteiger partial charge in [0.25, 0.3) is 10.0 Å². The number of rotatable bonds is 8. The molecule has 0 amide bonds. The molecule has 0 radical (unpaired) electrons. The summed E-state index contributed by atoms with van der Waals surface area (Å²) in [4.78, 5) is 4.09.